The molecule has 0 aromatic heterocycles. The monoisotopic (exact) mass is 326 g/mol. The Morgan fingerprint density at radius 1 is 1.21 bits per heavy atom. The van der Waals surface area contributed by atoms with Crippen LogP contribution in [0.4, 0.5) is 0 Å². The van der Waals surface area contributed by atoms with E-state index in [1.807, 2.05) is 30.3 Å². The van der Waals surface area contributed by atoms with Gasteiger partial charge < -0.3 is 9.47 Å². The number of hydrogen-bond acceptors (Lipinski definition) is 4. The summed E-state index contributed by atoms with van der Waals surface area (Å²) in [6, 6.07) is 9.52. The Hall–Kier alpha value is -2.36. The van der Waals surface area contributed by atoms with Crippen molar-refractivity contribution in [3.8, 4) is 0 Å². The molecule has 0 bridgehead atoms. The van der Waals surface area contributed by atoms with Crippen molar-refractivity contribution in [2.45, 2.75) is 46.6 Å². The van der Waals surface area contributed by atoms with Crippen LogP contribution in [-0.2, 0) is 25.7 Å². The van der Waals surface area contributed by atoms with Crippen molar-refractivity contribution in [1.82, 2.24) is 0 Å². The molecule has 0 radical (unpaired) electrons. The first-order valence-electron chi connectivity index (χ1n) is 8.19. The predicted octanol–water partition coefficient (Wildman–Crippen LogP) is 4.07. The minimum atomic E-state index is -0.416. The number of allylic oxidation sites excluding steroid dienone is 3. The Morgan fingerprint density at radius 2 is 1.92 bits per heavy atom. The van der Waals surface area contributed by atoms with Crippen molar-refractivity contribution < 1.29 is 19.1 Å². The molecule has 1 aliphatic heterocycles. The molecule has 1 aromatic rings. The van der Waals surface area contributed by atoms with E-state index in [-0.39, 0.29) is 17.8 Å². The summed E-state index contributed by atoms with van der Waals surface area (Å²) in [6.07, 6.45) is 1.52. The quantitative estimate of drug-likeness (QED) is 0.786. The van der Waals surface area contributed by atoms with E-state index in [1.165, 1.54) is 0 Å². The first-order chi connectivity index (χ1) is 11.4. The van der Waals surface area contributed by atoms with Gasteiger partial charge in [0, 0.05) is 24.8 Å². The third kappa shape index (κ3) is 3.42. The molecular weight excluding hydrogens is 304 g/mol. The van der Waals surface area contributed by atoms with Crippen LogP contribution in [0.1, 0.15) is 45.6 Å². The number of ketones is 1. The molecule has 0 amide bonds. The van der Waals surface area contributed by atoms with Crippen LogP contribution in [0.2, 0.25) is 0 Å². The van der Waals surface area contributed by atoms with Crippen LogP contribution in [0.5, 0.6) is 0 Å². The lowest BCUT2D eigenvalue weighted by atomic mass is 9.74. The highest BCUT2D eigenvalue weighted by atomic mass is 16.5. The zero-order valence-corrected chi connectivity index (χ0v) is 14.3. The molecule has 4 nitrogen and oxygen atoms in total. The third-order valence-corrected chi connectivity index (χ3v) is 4.47. The van der Waals surface area contributed by atoms with Gasteiger partial charge in [0.05, 0.1) is 5.57 Å². The van der Waals surface area contributed by atoms with E-state index in [2.05, 4.69) is 13.8 Å². The van der Waals surface area contributed by atoms with Gasteiger partial charge in [-0.15, -0.1) is 0 Å². The average molecular weight is 326 g/mol. The van der Waals surface area contributed by atoms with E-state index in [0.29, 0.717) is 35.5 Å². The molecule has 3 rings (SSSR count). The van der Waals surface area contributed by atoms with Crippen LogP contribution in [0.25, 0.3) is 0 Å². The second-order valence-electron chi connectivity index (χ2n) is 7.22. The van der Waals surface area contributed by atoms with Crippen LogP contribution in [0, 0.1) is 5.41 Å². The van der Waals surface area contributed by atoms with Crippen LogP contribution < -0.4 is 0 Å². The number of rotatable bonds is 3. The second kappa shape index (κ2) is 6.27. The lowest BCUT2D eigenvalue weighted by molar-refractivity contribution is -0.140. The summed E-state index contributed by atoms with van der Waals surface area (Å²) in [5.41, 5.74) is 1.90. The highest BCUT2D eigenvalue weighted by Gasteiger charge is 2.38. The van der Waals surface area contributed by atoms with E-state index in [9.17, 15) is 9.59 Å². The minimum Gasteiger partial charge on any atom is -0.465 e. The SMILES string of the molecule is CC1=C(C(=O)OCc2ccccc2)CC2=C(CC(C)(C)CC2=O)O1. The molecule has 24 heavy (non-hydrogen) atoms. The number of hydrogen-bond donors (Lipinski definition) is 0. The average Bonchev–Trinajstić information content (AvgIpc) is 2.52. The molecule has 126 valence electrons. The van der Waals surface area contributed by atoms with Crippen molar-refractivity contribution in [2.75, 3.05) is 0 Å². The molecule has 0 fully saturated rings. The highest BCUT2D eigenvalue weighted by Crippen LogP contribution is 2.42. The van der Waals surface area contributed by atoms with Crippen molar-refractivity contribution in [3.05, 3.63) is 58.6 Å². The smallest absolute Gasteiger partial charge is 0.338 e. The van der Waals surface area contributed by atoms with E-state index < -0.39 is 5.97 Å². The van der Waals surface area contributed by atoms with Crippen LogP contribution in [-0.4, -0.2) is 11.8 Å². The van der Waals surface area contributed by atoms with E-state index in [1.54, 1.807) is 6.92 Å². The highest BCUT2D eigenvalue weighted by molar-refractivity contribution is 6.00. The maximum absolute atomic E-state index is 12.4. The number of carbonyl (C=O) groups excluding carboxylic acids is 2. The van der Waals surface area contributed by atoms with Gasteiger partial charge in [0.15, 0.2) is 5.78 Å². The number of esters is 1. The van der Waals surface area contributed by atoms with E-state index in [4.69, 9.17) is 9.47 Å². The standard InChI is InChI=1S/C20H22O4/c1-13-15(19(22)23-12-14-7-5-4-6-8-14)9-16-17(21)10-20(2,3)11-18(16)24-13/h4-8H,9-12H2,1-3H3. The largest absolute Gasteiger partial charge is 0.465 e. The van der Waals surface area contributed by atoms with Gasteiger partial charge in [-0.3, -0.25) is 4.79 Å². The molecule has 4 heteroatoms. The van der Waals surface area contributed by atoms with Gasteiger partial charge in [0.1, 0.15) is 18.1 Å². The van der Waals surface area contributed by atoms with Gasteiger partial charge in [-0.2, -0.15) is 0 Å². The van der Waals surface area contributed by atoms with Crippen LogP contribution in [0.3, 0.4) is 0 Å². The molecule has 0 saturated carbocycles. The molecule has 1 heterocycles. The molecular formula is C20H22O4. The second-order valence-corrected chi connectivity index (χ2v) is 7.22. The Kier molecular flexibility index (Phi) is 4.31. The van der Waals surface area contributed by atoms with Gasteiger partial charge >= 0.3 is 5.97 Å². The lowest BCUT2D eigenvalue weighted by Gasteiger charge is -2.34. The molecule has 1 aromatic carbocycles. The van der Waals surface area contributed by atoms with Gasteiger partial charge in [-0.1, -0.05) is 44.2 Å². The first kappa shape index (κ1) is 16.5. The van der Waals surface area contributed by atoms with Crippen molar-refractivity contribution in [2.24, 2.45) is 5.41 Å². The maximum Gasteiger partial charge on any atom is 0.338 e. The molecule has 1 aliphatic carbocycles. The topological polar surface area (TPSA) is 52.6 Å². The predicted molar refractivity (Wildman–Crippen MR) is 89.7 cm³/mol. The van der Waals surface area contributed by atoms with Gasteiger partial charge in [-0.25, -0.2) is 4.79 Å². The Bertz CT molecular complexity index is 738. The number of Topliss-reactive ketones (excluding diaryl/α,β-unsaturated/α-hetero) is 1. The minimum absolute atomic E-state index is 0.0714. The summed E-state index contributed by atoms with van der Waals surface area (Å²) in [7, 11) is 0. The molecule has 2 aliphatic rings. The van der Waals surface area contributed by atoms with Crippen molar-refractivity contribution in [1.29, 1.82) is 0 Å². The van der Waals surface area contributed by atoms with Crippen LogP contribution in [0.15, 0.2) is 53.0 Å². The summed E-state index contributed by atoms with van der Waals surface area (Å²) in [5, 5.41) is 0. The lowest BCUT2D eigenvalue weighted by Crippen LogP contribution is -2.29. The van der Waals surface area contributed by atoms with Gasteiger partial charge in [0.2, 0.25) is 0 Å². The fraction of sp³-hybridized carbons (Fsp3) is 0.400. The molecule has 0 atom stereocenters. The van der Waals surface area contributed by atoms with E-state index >= 15 is 0 Å². The summed E-state index contributed by atoms with van der Waals surface area (Å²) in [4.78, 5) is 24.8. The zero-order valence-electron chi connectivity index (χ0n) is 14.3. The van der Waals surface area contributed by atoms with Gasteiger partial charge in [0.25, 0.3) is 0 Å². The Balaban J connectivity index is 1.71. The number of benzene rings is 1. The molecule has 0 spiro atoms. The van der Waals surface area contributed by atoms with Gasteiger partial charge in [-0.05, 0) is 17.9 Å². The summed E-state index contributed by atoms with van der Waals surface area (Å²) < 4.78 is 11.2. The maximum atomic E-state index is 12.4. The van der Waals surface area contributed by atoms with Crippen LogP contribution >= 0.6 is 0 Å². The normalized spacial score (nSPS) is 19.7. The number of carbonyl (C=O) groups is 2. The first-order valence-corrected chi connectivity index (χ1v) is 8.19. The summed E-state index contributed by atoms with van der Waals surface area (Å²) >= 11 is 0. The fourth-order valence-electron chi connectivity index (χ4n) is 3.17. The molecule has 0 unspecified atom stereocenters. The third-order valence-electron chi connectivity index (χ3n) is 4.47. The fourth-order valence-corrected chi connectivity index (χ4v) is 3.17. The zero-order chi connectivity index (χ0) is 17.3. The van der Waals surface area contributed by atoms with E-state index in [0.717, 1.165) is 12.0 Å². The molecule has 0 N–H and O–H groups in total. The summed E-state index contributed by atoms with van der Waals surface area (Å²) in [5.74, 6) is 0.910. The number of ether oxygens (including phenoxy) is 2. The summed E-state index contributed by atoms with van der Waals surface area (Å²) in [6.45, 7) is 6.08. The Labute approximate surface area is 142 Å². The molecule has 0 saturated heterocycles. The Morgan fingerprint density at radius 3 is 2.62 bits per heavy atom. The van der Waals surface area contributed by atoms with Crippen molar-refractivity contribution in [3.63, 3.8) is 0 Å². The van der Waals surface area contributed by atoms with Crippen molar-refractivity contribution >= 4 is 11.8 Å².